The first-order valence-corrected chi connectivity index (χ1v) is 10.8. The van der Waals surface area contributed by atoms with Gasteiger partial charge in [0.1, 0.15) is 12.1 Å². The Bertz CT molecular complexity index is 814. The summed E-state index contributed by atoms with van der Waals surface area (Å²) in [4.78, 5) is 41.0. The number of amides is 3. The van der Waals surface area contributed by atoms with Gasteiger partial charge < -0.3 is 20.2 Å². The van der Waals surface area contributed by atoms with Gasteiger partial charge in [-0.25, -0.2) is 4.68 Å². The zero-order valence-corrected chi connectivity index (χ0v) is 17.5. The maximum Gasteiger partial charge on any atom is 0.248 e. The van der Waals surface area contributed by atoms with Gasteiger partial charge in [0.25, 0.3) is 0 Å². The molecule has 3 unspecified atom stereocenters. The Morgan fingerprint density at radius 3 is 2.50 bits per heavy atom. The van der Waals surface area contributed by atoms with E-state index in [1.165, 1.54) is 11.9 Å². The van der Waals surface area contributed by atoms with E-state index in [4.69, 9.17) is 0 Å². The van der Waals surface area contributed by atoms with Gasteiger partial charge >= 0.3 is 0 Å². The Morgan fingerprint density at radius 1 is 1.20 bits per heavy atom. The van der Waals surface area contributed by atoms with Crippen molar-refractivity contribution in [3.05, 3.63) is 11.9 Å². The van der Waals surface area contributed by atoms with E-state index < -0.39 is 18.2 Å². The number of nitrogens with zero attached hydrogens (tertiary/aromatic N) is 5. The summed E-state index contributed by atoms with van der Waals surface area (Å²) >= 11 is 0. The van der Waals surface area contributed by atoms with E-state index in [1.54, 1.807) is 16.5 Å². The minimum Gasteiger partial charge on any atom is -0.391 e. The number of likely N-dealkylation sites (N-methyl/N-ethyl adjacent to an activating group) is 1. The van der Waals surface area contributed by atoms with Crippen LogP contribution in [-0.2, 0) is 14.4 Å². The molecule has 10 heteroatoms. The van der Waals surface area contributed by atoms with Gasteiger partial charge in [0.05, 0.1) is 11.8 Å². The standard InChI is InChI=1S/C20H30N6O4/c1-12(27)24-7-5-14(6-8-24)18(26-11-16(22-23-26)13-3-4-13)20(30)25-10-15(28)9-17(25)19(29)21-2/h11,13-15,17-18,28H,3-10H2,1-2H3,(H,21,29). The monoisotopic (exact) mass is 418 g/mol. The lowest BCUT2D eigenvalue weighted by Gasteiger charge is -2.37. The van der Waals surface area contributed by atoms with Crippen LogP contribution in [-0.4, -0.2) is 86.4 Å². The van der Waals surface area contributed by atoms with E-state index in [0.717, 1.165) is 18.5 Å². The van der Waals surface area contributed by atoms with Crippen molar-refractivity contribution in [3.63, 3.8) is 0 Å². The third-order valence-electron chi connectivity index (χ3n) is 6.60. The second-order valence-electron chi connectivity index (χ2n) is 8.70. The molecule has 1 aliphatic carbocycles. The first-order chi connectivity index (χ1) is 14.4. The van der Waals surface area contributed by atoms with Crippen molar-refractivity contribution in [2.75, 3.05) is 26.7 Å². The normalized spacial score (nSPS) is 26.0. The van der Waals surface area contributed by atoms with Crippen molar-refractivity contribution >= 4 is 17.7 Å². The molecule has 4 rings (SSSR count). The molecule has 0 radical (unpaired) electrons. The highest BCUT2D eigenvalue weighted by Gasteiger charge is 2.44. The average molecular weight is 418 g/mol. The summed E-state index contributed by atoms with van der Waals surface area (Å²) in [7, 11) is 1.53. The summed E-state index contributed by atoms with van der Waals surface area (Å²) in [6, 6.07) is -1.29. The lowest BCUT2D eigenvalue weighted by atomic mass is 9.88. The molecular weight excluding hydrogens is 388 g/mol. The van der Waals surface area contributed by atoms with Crippen molar-refractivity contribution in [3.8, 4) is 0 Å². The number of aliphatic hydroxyl groups excluding tert-OH is 1. The Hall–Kier alpha value is -2.49. The predicted octanol–water partition coefficient (Wildman–Crippen LogP) is -0.337. The number of β-amino-alcohol motifs (C(OH)–C–C–N with tert-alkyl or cyclic N) is 1. The van der Waals surface area contributed by atoms with E-state index in [0.29, 0.717) is 31.8 Å². The van der Waals surface area contributed by atoms with Gasteiger partial charge in [-0.05, 0) is 31.6 Å². The number of hydrogen-bond acceptors (Lipinski definition) is 6. The molecule has 3 fully saturated rings. The molecule has 0 aromatic carbocycles. The molecule has 2 N–H and O–H groups in total. The van der Waals surface area contributed by atoms with E-state index in [1.807, 2.05) is 6.20 Å². The number of piperidine rings is 1. The van der Waals surface area contributed by atoms with Crippen LogP contribution >= 0.6 is 0 Å². The van der Waals surface area contributed by atoms with Crippen LogP contribution in [0, 0.1) is 5.92 Å². The Labute approximate surface area is 175 Å². The SMILES string of the molecule is CNC(=O)C1CC(O)CN1C(=O)C(C1CCN(C(C)=O)CC1)n1cc(C2CC2)nn1. The van der Waals surface area contributed by atoms with Crippen LogP contribution in [0.5, 0.6) is 0 Å². The second-order valence-corrected chi connectivity index (χ2v) is 8.70. The Morgan fingerprint density at radius 2 is 1.90 bits per heavy atom. The molecule has 2 saturated heterocycles. The zero-order chi connectivity index (χ0) is 21.4. The van der Waals surface area contributed by atoms with Crippen molar-refractivity contribution in [1.29, 1.82) is 0 Å². The number of carbonyl (C=O) groups is 3. The van der Waals surface area contributed by atoms with Crippen molar-refractivity contribution in [1.82, 2.24) is 30.1 Å². The van der Waals surface area contributed by atoms with E-state index >= 15 is 0 Å². The minimum atomic E-state index is -0.728. The predicted molar refractivity (Wildman–Crippen MR) is 106 cm³/mol. The molecule has 1 saturated carbocycles. The van der Waals surface area contributed by atoms with E-state index in [2.05, 4.69) is 15.6 Å². The summed E-state index contributed by atoms with van der Waals surface area (Å²) in [5.74, 6) is -0.0577. The van der Waals surface area contributed by atoms with Crippen molar-refractivity contribution in [2.45, 2.75) is 63.1 Å². The molecule has 1 aromatic heterocycles. The number of aromatic nitrogens is 3. The maximum atomic E-state index is 13.7. The fraction of sp³-hybridized carbons (Fsp3) is 0.750. The van der Waals surface area contributed by atoms with Gasteiger partial charge in [-0.1, -0.05) is 5.21 Å². The lowest BCUT2D eigenvalue weighted by molar-refractivity contribution is -0.143. The van der Waals surface area contributed by atoms with E-state index in [9.17, 15) is 19.5 Å². The third-order valence-corrected chi connectivity index (χ3v) is 6.60. The molecule has 0 bridgehead atoms. The molecular formula is C20H30N6O4. The van der Waals surface area contributed by atoms with Crippen LogP contribution < -0.4 is 5.32 Å². The first kappa shape index (κ1) is 20.8. The molecule has 1 aromatic rings. The number of carbonyl (C=O) groups excluding carboxylic acids is 3. The van der Waals surface area contributed by atoms with Crippen LogP contribution in [0.2, 0.25) is 0 Å². The molecule has 30 heavy (non-hydrogen) atoms. The highest BCUT2D eigenvalue weighted by Crippen LogP contribution is 2.40. The molecule has 3 atom stereocenters. The van der Waals surface area contributed by atoms with Crippen molar-refractivity contribution in [2.24, 2.45) is 5.92 Å². The molecule has 164 valence electrons. The van der Waals surface area contributed by atoms with Crippen molar-refractivity contribution < 1.29 is 19.5 Å². The minimum absolute atomic E-state index is 0.0232. The van der Waals surface area contributed by atoms with Gasteiger partial charge in [0.15, 0.2) is 0 Å². The zero-order valence-electron chi connectivity index (χ0n) is 17.5. The highest BCUT2D eigenvalue weighted by molar-refractivity contribution is 5.90. The lowest BCUT2D eigenvalue weighted by Crippen LogP contribution is -2.50. The summed E-state index contributed by atoms with van der Waals surface area (Å²) in [5.41, 5.74) is 0.901. The van der Waals surface area contributed by atoms with Crippen LogP contribution in [0.15, 0.2) is 6.20 Å². The largest absolute Gasteiger partial charge is 0.391 e. The summed E-state index contributed by atoms with van der Waals surface area (Å²) < 4.78 is 1.65. The van der Waals surface area contributed by atoms with Crippen LogP contribution in [0.1, 0.15) is 56.7 Å². The fourth-order valence-electron chi connectivity index (χ4n) is 4.70. The van der Waals surface area contributed by atoms with Gasteiger partial charge in [0.2, 0.25) is 17.7 Å². The van der Waals surface area contributed by atoms with Gasteiger partial charge in [-0.2, -0.15) is 0 Å². The molecule has 10 nitrogen and oxygen atoms in total. The summed E-state index contributed by atoms with van der Waals surface area (Å²) in [5, 5.41) is 21.3. The molecule has 0 spiro atoms. The third kappa shape index (κ3) is 4.05. The highest BCUT2D eigenvalue weighted by atomic mass is 16.3. The number of aliphatic hydroxyl groups is 1. The molecule has 3 aliphatic rings. The maximum absolute atomic E-state index is 13.7. The number of hydrogen-bond donors (Lipinski definition) is 2. The van der Waals surface area contributed by atoms with Crippen LogP contribution in [0.3, 0.4) is 0 Å². The molecule has 2 aliphatic heterocycles. The first-order valence-electron chi connectivity index (χ1n) is 10.8. The summed E-state index contributed by atoms with van der Waals surface area (Å²) in [6.45, 7) is 2.87. The second kappa shape index (κ2) is 8.33. The average Bonchev–Trinajstić information content (AvgIpc) is 3.35. The number of likely N-dealkylation sites (tertiary alicyclic amines) is 2. The van der Waals surface area contributed by atoms with Crippen LogP contribution in [0.25, 0.3) is 0 Å². The van der Waals surface area contributed by atoms with Gasteiger partial charge in [-0.15, -0.1) is 5.10 Å². The number of rotatable bonds is 5. The fourth-order valence-corrected chi connectivity index (χ4v) is 4.70. The Kier molecular flexibility index (Phi) is 5.77. The van der Waals surface area contributed by atoms with Crippen LogP contribution in [0.4, 0.5) is 0 Å². The van der Waals surface area contributed by atoms with E-state index in [-0.39, 0.29) is 36.6 Å². The smallest absolute Gasteiger partial charge is 0.248 e. The quantitative estimate of drug-likeness (QED) is 0.675. The number of nitrogens with one attached hydrogen (secondary N) is 1. The van der Waals surface area contributed by atoms with Gasteiger partial charge in [-0.3, -0.25) is 14.4 Å². The Balaban J connectivity index is 1.60. The van der Waals surface area contributed by atoms with Gasteiger partial charge in [0, 0.05) is 52.1 Å². The molecule has 3 amide bonds. The topological polar surface area (TPSA) is 121 Å². The molecule has 3 heterocycles. The summed E-state index contributed by atoms with van der Waals surface area (Å²) in [6.07, 6.45) is 4.89.